The van der Waals surface area contributed by atoms with E-state index < -0.39 is 0 Å². The summed E-state index contributed by atoms with van der Waals surface area (Å²) in [6.07, 6.45) is 5.67. The lowest BCUT2D eigenvalue weighted by Gasteiger charge is -2.22. The van der Waals surface area contributed by atoms with Crippen LogP contribution in [0.25, 0.3) is 5.65 Å². The zero-order valence-corrected chi connectivity index (χ0v) is 11.4. The summed E-state index contributed by atoms with van der Waals surface area (Å²) in [6, 6.07) is 4.18. The summed E-state index contributed by atoms with van der Waals surface area (Å²) >= 11 is 2.09. The quantitative estimate of drug-likeness (QED) is 0.923. The Bertz CT molecular complexity index is 531. The fraction of sp³-hybridized carbons (Fsp3) is 0.538. The summed E-state index contributed by atoms with van der Waals surface area (Å²) in [5.74, 6) is 2.35. The van der Waals surface area contributed by atoms with Gasteiger partial charge in [0.25, 0.3) is 0 Å². The SMILES string of the molecule is Cc1cc(NCC2CCCCS2)n2ncnc2c1. The first kappa shape index (κ1) is 11.8. The predicted molar refractivity (Wildman–Crippen MR) is 76.3 cm³/mol. The molecule has 1 atom stereocenters. The molecule has 4 nitrogen and oxygen atoms in total. The lowest BCUT2D eigenvalue weighted by molar-refractivity contribution is 0.676. The number of aromatic nitrogens is 3. The van der Waals surface area contributed by atoms with E-state index in [4.69, 9.17) is 0 Å². The van der Waals surface area contributed by atoms with Gasteiger partial charge in [-0.3, -0.25) is 0 Å². The third-order valence-electron chi connectivity index (χ3n) is 3.31. The molecule has 3 heterocycles. The molecule has 2 aromatic rings. The van der Waals surface area contributed by atoms with Crippen molar-refractivity contribution in [3.63, 3.8) is 0 Å². The van der Waals surface area contributed by atoms with Crippen LogP contribution in [0.4, 0.5) is 5.82 Å². The Morgan fingerprint density at radius 3 is 3.22 bits per heavy atom. The zero-order valence-electron chi connectivity index (χ0n) is 10.6. The van der Waals surface area contributed by atoms with Crippen molar-refractivity contribution in [1.29, 1.82) is 0 Å². The van der Waals surface area contributed by atoms with E-state index in [2.05, 4.69) is 40.2 Å². The summed E-state index contributed by atoms with van der Waals surface area (Å²) < 4.78 is 1.88. The molecule has 1 fully saturated rings. The minimum Gasteiger partial charge on any atom is -0.369 e. The molecule has 1 aliphatic heterocycles. The van der Waals surface area contributed by atoms with E-state index in [1.54, 1.807) is 6.33 Å². The van der Waals surface area contributed by atoms with Gasteiger partial charge in [0, 0.05) is 11.8 Å². The Hall–Kier alpha value is -1.23. The van der Waals surface area contributed by atoms with Gasteiger partial charge < -0.3 is 5.32 Å². The Morgan fingerprint density at radius 2 is 2.39 bits per heavy atom. The monoisotopic (exact) mass is 262 g/mol. The van der Waals surface area contributed by atoms with E-state index in [1.165, 1.54) is 30.6 Å². The minimum absolute atomic E-state index is 0.734. The molecule has 0 spiro atoms. The van der Waals surface area contributed by atoms with E-state index in [0.717, 1.165) is 23.3 Å². The number of pyridine rings is 1. The maximum Gasteiger partial charge on any atom is 0.157 e. The number of hydrogen-bond donors (Lipinski definition) is 1. The number of aryl methyl sites for hydroxylation is 1. The molecule has 5 heteroatoms. The first-order chi connectivity index (χ1) is 8.83. The summed E-state index contributed by atoms with van der Waals surface area (Å²) in [6.45, 7) is 3.11. The minimum atomic E-state index is 0.734. The van der Waals surface area contributed by atoms with E-state index in [0.29, 0.717) is 0 Å². The largest absolute Gasteiger partial charge is 0.369 e. The van der Waals surface area contributed by atoms with Gasteiger partial charge in [-0.05, 0) is 43.2 Å². The standard InChI is InChI=1S/C13H18N4S/c1-10-6-12(17-13(7-10)15-9-16-17)14-8-11-4-2-3-5-18-11/h6-7,9,11,14H,2-5,8H2,1H3. The number of thioether (sulfide) groups is 1. The topological polar surface area (TPSA) is 42.2 Å². The van der Waals surface area contributed by atoms with Crippen LogP contribution >= 0.6 is 11.8 Å². The molecule has 1 saturated heterocycles. The van der Waals surface area contributed by atoms with Crippen molar-refractivity contribution in [2.45, 2.75) is 31.4 Å². The van der Waals surface area contributed by atoms with Gasteiger partial charge in [0.2, 0.25) is 0 Å². The van der Waals surface area contributed by atoms with Crippen LogP contribution < -0.4 is 5.32 Å². The fourth-order valence-electron chi connectivity index (χ4n) is 2.37. The normalized spacial score (nSPS) is 20.2. The van der Waals surface area contributed by atoms with Crippen LogP contribution in [0, 0.1) is 6.92 Å². The second kappa shape index (κ2) is 5.18. The highest BCUT2D eigenvalue weighted by molar-refractivity contribution is 7.99. The third-order valence-corrected chi connectivity index (χ3v) is 4.71. The Kier molecular flexibility index (Phi) is 3.41. The number of rotatable bonds is 3. The van der Waals surface area contributed by atoms with Gasteiger partial charge in [-0.2, -0.15) is 21.4 Å². The van der Waals surface area contributed by atoms with Gasteiger partial charge in [0.05, 0.1) is 0 Å². The first-order valence-corrected chi connectivity index (χ1v) is 7.54. The third kappa shape index (κ3) is 2.46. The van der Waals surface area contributed by atoms with Gasteiger partial charge in [0.1, 0.15) is 12.1 Å². The molecule has 3 rings (SSSR count). The summed E-state index contributed by atoms with van der Waals surface area (Å²) in [5, 5.41) is 8.52. The Morgan fingerprint density at radius 1 is 1.44 bits per heavy atom. The lowest BCUT2D eigenvalue weighted by Crippen LogP contribution is -2.21. The highest BCUT2D eigenvalue weighted by Crippen LogP contribution is 2.25. The lowest BCUT2D eigenvalue weighted by atomic mass is 10.2. The van der Waals surface area contributed by atoms with Crippen LogP contribution in [-0.4, -0.2) is 32.1 Å². The van der Waals surface area contributed by atoms with Crippen LogP contribution in [0.15, 0.2) is 18.5 Å². The molecular formula is C13H18N4S. The molecular weight excluding hydrogens is 244 g/mol. The highest BCUT2D eigenvalue weighted by atomic mass is 32.2. The van der Waals surface area contributed by atoms with Gasteiger partial charge >= 0.3 is 0 Å². The summed E-state index contributed by atoms with van der Waals surface area (Å²) in [5.41, 5.74) is 2.13. The second-order valence-electron chi connectivity index (χ2n) is 4.82. The Labute approximate surface area is 111 Å². The molecule has 0 aliphatic carbocycles. The van der Waals surface area contributed by atoms with E-state index in [1.807, 2.05) is 10.6 Å². The first-order valence-electron chi connectivity index (χ1n) is 6.49. The van der Waals surface area contributed by atoms with Crippen LogP contribution in [0.1, 0.15) is 24.8 Å². The molecule has 0 saturated carbocycles. The average molecular weight is 262 g/mol. The van der Waals surface area contributed by atoms with E-state index >= 15 is 0 Å². The second-order valence-corrected chi connectivity index (χ2v) is 6.23. The maximum atomic E-state index is 4.26. The molecule has 1 unspecified atom stereocenters. The molecule has 18 heavy (non-hydrogen) atoms. The van der Waals surface area contributed by atoms with Crippen LogP contribution in [0.2, 0.25) is 0 Å². The van der Waals surface area contributed by atoms with Gasteiger partial charge in [0.15, 0.2) is 5.65 Å². The van der Waals surface area contributed by atoms with Crippen LogP contribution in [0.5, 0.6) is 0 Å². The van der Waals surface area contributed by atoms with Crippen molar-refractivity contribution in [2.75, 3.05) is 17.6 Å². The summed E-state index contributed by atoms with van der Waals surface area (Å²) in [7, 11) is 0. The number of hydrogen-bond acceptors (Lipinski definition) is 4. The summed E-state index contributed by atoms with van der Waals surface area (Å²) in [4.78, 5) is 4.24. The van der Waals surface area contributed by atoms with Crippen molar-refractivity contribution in [3.8, 4) is 0 Å². The molecule has 0 aromatic carbocycles. The van der Waals surface area contributed by atoms with Crippen molar-refractivity contribution < 1.29 is 0 Å². The van der Waals surface area contributed by atoms with Crippen LogP contribution in [-0.2, 0) is 0 Å². The van der Waals surface area contributed by atoms with Gasteiger partial charge in [-0.25, -0.2) is 4.98 Å². The molecule has 2 aromatic heterocycles. The zero-order chi connectivity index (χ0) is 12.4. The molecule has 1 N–H and O–H groups in total. The number of nitrogens with zero attached hydrogens (tertiary/aromatic N) is 3. The number of fused-ring (bicyclic) bond motifs is 1. The van der Waals surface area contributed by atoms with Crippen LogP contribution in [0.3, 0.4) is 0 Å². The molecule has 0 amide bonds. The number of anilines is 1. The van der Waals surface area contributed by atoms with Crippen molar-refractivity contribution >= 4 is 23.2 Å². The smallest absolute Gasteiger partial charge is 0.157 e. The van der Waals surface area contributed by atoms with Crippen molar-refractivity contribution in [2.24, 2.45) is 0 Å². The van der Waals surface area contributed by atoms with E-state index in [9.17, 15) is 0 Å². The van der Waals surface area contributed by atoms with Gasteiger partial charge in [-0.15, -0.1) is 0 Å². The highest BCUT2D eigenvalue weighted by Gasteiger charge is 2.14. The van der Waals surface area contributed by atoms with Crippen molar-refractivity contribution in [3.05, 3.63) is 24.0 Å². The predicted octanol–water partition coefficient (Wildman–Crippen LogP) is 2.74. The molecule has 0 radical (unpaired) electrons. The van der Waals surface area contributed by atoms with Gasteiger partial charge in [-0.1, -0.05) is 6.42 Å². The molecule has 1 aliphatic rings. The van der Waals surface area contributed by atoms with Crippen molar-refractivity contribution in [1.82, 2.24) is 14.6 Å². The van der Waals surface area contributed by atoms with E-state index in [-0.39, 0.29) is 0 Å². The number of nitrogens with one attached hydrogen (secondary N) is 1. The molecule has 0 bridgehead atoms. The maximum absolute atomic E-state index is 4.26. The fourth-order valence-corrected chi connectivity index (χ4v) is 3.61. The molecule has 96 valence electrons. The average Bonchev–Trinajstić information content (AvgIpc) is 2.85. The Balaban J connectivity index is 1.75.